The van der Waals surface area contributed by atoms with Gasteiger partial charge in [-0.25, -0.2) is 9.48 Å². The lowest BCUT2D eigenvalue weighted by atomic mass is 10.2. The third-order valence-electron chi connectivity index (χ3n) is 4.52. The predicted molar refractivity (Wildman–Crippen MR) is 102 cm³/mol. The summed E-state index contributed by atoms with van der Waals surface area (Å²) in [5, 5.41) is 18.1. The highest BCUT2D eigenvalue weighted by Crippen LogP contribution is 2.36. The van der Waals surface area contributed by atoms with Crippen LogP contribution in [0.2, 0.25) is 0 Å². The highest BCUT2D eigenvalue weighted by atomic mass is 32.2. The molecule has 1 aromatic heterocycles. The number of hydrogen-bond acceptors (Lipinski definition) is 6. The molecule has 10 heteroatoms. The molecule has 2 aromatic rings. The van der Waals surface area contributed by atoms with Gasteiger partial charge in [0.2, 0.25) is 11.1 Å². The van der Waals surface area contributed by atoms with Gasteiger partial charge in [-0.05, 0) is 48.2 Å². The van der Waals surface area contributed by atoms with E-state index in [4.69, 9.17) is 0 Å². The van der Waals surface area contributed by atoms with Crippen LogP contribution in [0.4, 0.5) is 16.2 Å². The van der Waals surface area contributed by atoms with Crippen molar-refractivity contribution in [3.05, 3.63) is 24.3 Å². The van der Waals surface area contributed by atoms with Gasteiger partial charge < -0.3 is 15.5 Å². The van der Waals surface area contributed by atoms with Crippen molar-refractivity contribution in [1.82, 2.24) is 25.1 Å². The Kier molecular flexibility index (Phi) is 5.23. The molecule has 142 valence electrons. The molecule has 0 radical (unpaired) electrons. The second-order valence-electron chi connectivity index (χ2n) is 6.64. The SMILES string of the molecule is O=C(CSc1nnnn1C1CC1)Nc1ccccc1NC(=O)N1CCCC1. The molecule has 2 N–H and O–H groups in total. The number of amides is 3. The molecule has 9 nitrogen and oxygen atoms in total. The summed E-state index contributed by atoms with van der Waals surface area (Å²) in [6, 6.07) is 7.44. The largest absolute Gasteiger partial charge is 0.325 e. The lowest BCUT2D eigenvalue weighted by Crippen LogP contribution is -2.32. The van der Waals surface area contributed by atoms with Gasteiger partial charge in [-0.15, -0.1) is 5.10 Å². The number of benzene rings is 1. The van der Waals surface area contributed by atoms with Crippen LogP contribution in [0.3, 0.4) is 0 Å². The number of urea groups is 1. The first-order valence-corrected chi connectivity index (χ1v) is 10.0. The van der Waals surface area contributed by atoms with Crippen molar-refractivity contribution in [2.24, 2.45) is 0 Å². The van der Waals surface area contributed by atoms with E-state index in [9.17, 15) is 9.59 Å². The van der Waals surface area contributed by atoms with Gasteiger partial charge in [-0.1, -0.05) is 23.9 Å². The van der Waals surface area contributed by atoms with Gasteiger partial charge in [0.25, 0.3) is 0 Å². The fourth-order valence-corrected chi connectivity index (χ4v) is 3.71. The normalized spacial score (nSPS) is 16.4. The van der Waals surface area contributed by atoms with Gasteiger partial charge in [0.1, 0.15) is 0 Å². The first-order valence-electron chi connectivity index (χ1n) is 9.06. The van der Waals surface area contributed by atoms with Gasteiger partial charge in [0, 0.05) is 13.1 Å². The van der Waals surface area contributed by atoms with Crippen molar-refractivity contribution in [1.29, 1.82) is 0 Å². The maximum Gasteiger partial charge on any atom is 0.321 e. The number of carbonyl (C=O) groups excluding carboxylic acids is 2. The number of aromatic nitrogens is 4. The quantitative estimate of drug-likeness (QED) is 0.737. The molecule has 1 aliphatic carbocycles. The molecule has 1 aliphatic heterocycles. The molecule has 2 heterocycles. The molecule has 1 saturated carbocycles. The summed E-state index contributed by atoms with van der Waals surface area (Å²) >= 11 is 1.31. The molecule has 0 spiro atoms. The van der Waals surface area contributed by atoms with Crippen molar-refractivity contribution in [2.75, 3.05) is 29.5 Å². The number of likely N-dealkylation sites (tertiary alicyclic amines) is 1. The van der Waals surface area contributed by atoms with E-state index in [1.165, 1.54) is 11.8 Å². The van der Waals surface area contributed by atoms with Gasteiger partial charge in [0.05, 0.1) is 23.2 Å². The number of tetrazole rings is 1. The van der Waals surface area contributed by atoms with E-state index in [2.05, 4.69) is 26.2 Å². The van der Waals surface area contributed by atoms with Crippen molar-refractivity contribution < 1.29 is 9.59 Å². The van der Waals surface area contributed by atoms with Crippen LogP contribution in [0.15, 0.2) is 29.4 Å². The zero-order valence-electron chi connectivity index (χ0n) is 14.8. The van der Waals surface area contributed by atoms with Crippen LogP contribution in [0.25, 0.3) is 0 Å². The molecule has 2 fully saturated rings. The first-order chi connectivity index (χ1) is 13.2. The lowest BCUT2D eigenvalue weighted by Gasteiger charge is -2.18. The Balaban J connectivity index is 1.35. The molecular weight excluding hydrogens is 366 g/mol. The van der Waals surface area contributed by atoms with Gasteiger partial charge in [0.15, 0.2) is 0 Å². The second kappa shape index (κ2) is 7.95. The molecular formula is C17H21N7O2S. The van der Waals surface area contributed by atoms with Crippen LogP contribution in [-0.4, -0.2) is 55.9 Å². The molecule has 3 amide bonds. The molecule has 1 saturated heterocycles. The smallest absolute Gasteiger partial charge is 0.321 e. The number of thioether (sulfide) groups is 1. The molecule has 0 unspecified atom stereocenters. The van der Waals surface area contributed by atoms with E-state index in [0.717, 1.165) is 38.8 Å². The molecule has 1 aromatic carbocycles. The van der Waals surface area contributed by atoms with Gasteiger partial charge in [-0.3, -0.25) is 4.79 Å². The van der Waals surface area contributed by atoms with E-state index in [-0.39, 0.29) is 17.7 Å². The number of anilines is 2. The second-order valence-corrected chi connectivity index (χ2v) is 7.59. The van der Waals surface area contributed by atoms with E-state index >= 15 is 0 Å². The highest BCUT2D eigenvalue weighted by molar-refractivity contribution is 7.99. The Labute approximate surface area is 160 Å². The predicted octanol–water partition coefficient (Wildman–Crippen LogP) is 2.37. The monoisotopic (exact) mass is 387 g/mol. The Morgan fingerprint density at radius 2 is 1.81 bits per heavy atom. The number of rotatable bonds is 6. The van der Waals surface area contributed by atoms with Crippen LogP contribution in [0.5, 0.6) is 0 Å². The number of carbonyl (C=O) groups is 2. The van der Waals surface area contributed by atoms with Crippen LogP contribution in [0.1, 0.15) is 31.7 Å². The maximum absolute atomic E-state index is 12.4. The summed E-state index contributed by atoms with van der Waals surface area (Å²) in [5.74, 6) is 0.0230. The summed E-state index contributed by atoms with van der Waals surface area (Å²) in [6.07, 6.45) is 4.22. The topological polar surface area (TPSA) is 105 Å². The standard InChI is InChI=1S/C17H21N7O2S/c25-15(11-27-17-20-21-22-24(17)12-7-8-12)18-13-5-1-2-6-14(13)19-16(26)23-9-3-4-10-23/h1-2,5-6,12H,3-4,7-11H2,(H,18,25)(H,19,26). The lowest BCUT2D eigenvalue weighted by molar-refractivity contribution is -0.113. The molecule has 2 aliphatic rings. The first kappa shape index (κ1) is 17.8. The van der Waals surface area contributed by atoms with E-state index < -0.39 is 0 Å². The van der Waals surface area contributed by atoms with Crippen LogP contribution >= 0.6 is 11.8 Å². The molecule has 27 heavy (non-hydrogen) atoms. The zero-order valence-corrected chi connectivity index (χ0v) is 15.6. The van der Waals surface area contributed by atoms with E-state index in [0.29, 0.717) is 22.6 Å². The molecule has 4 rings (SSSR count). The minimum absolute atomic E-state index is 0.132. The summed E-state index contributed by atoms with van der Waals surface area (Å²) in [7, 11) is 0. The number of hydrogen-bond donors (Lipinski definition) is 2. The minimum atomic E-state index is -0.173. The number of nitrogens with one attached hydrogen (secondary N) is 2. The summed E-state index contributed by atoms with van der Waals surface area (Å²) < 4.78 is 1.78. The fraction of sp³-hybridized carbons (Fsp3) is 0.471. The Morgan fingerprint density at radius 1 is 1.11 bits per heavy atom. The third-order valence-corrected chi connectivity index (χ3v) is 5.46. The van der Waals surface area contributed by atoms with Gasteiger partial charge >= 0.3 is 6.03 Å². The molecule has 0 bridgehead atoms. The summed E-state index contributed by atoms with van der Waals surface area (Å²) in [5.41, 5.74) is 1.17. The highest BCUT2D eigenvalue weighted by Gasteiger charge is 2.28. The van der Waals surface area contributed by atoms with Crippen molar-refractivity contribution in [2.45, 2.75) is 36.9 Å². The van der Waals surface area contributed by atoms with E-state index in [1.807, 2.05) is 12.1 Å². The number of nitrogens with zero attached hydrogens (tertiary/aromatic N) is 5. The zero-order chi connectivity index (χ0) is 18.6. The average molecular weight is 387 g/mol. The molecule has 0 atom stereocenters. The number of para-hydroxylation sites is 2. The summed E-state index contributed by atoms with van der Waals surface area (Å²) in [6.45, 7) is 1.54. The van der Waals surface area contributed by atoms with Gasteiger partial charge in [-0.2, -0.15) is 0 Å². The van der Waals surface area contributed by atoms with Crippen LogP contribution < -0.4 is 10.6 Å². The van der Waals surface area contributed by atoms with E-state index in [1.54, 1.807) is 21.7 Å². The fourth-order valence-electron chi connectivity index (χ4n) is 2.96. The van der Waals surface area contributed by atoms with Crippen molar-refractivity contribution >= 4 is 35.1 Å². The Bertz CT molecular complexity index is 830. The van der Waals surface area contributed by atoms with Crippen LogP contribution in [-0.2, 0) is 4.79 Å². The maximum atomic E-state index is 12.4. The van der Waals surface area contributed by atoms with Crippen molar-refractivity contribution in [3.63, 3.8) is 0 Å². The average Bonchev–Trinajstić information content (AvgIpc) is 3.17. The summed E-state index contributed by atoms with van der Waals surface area (Å²) in [4.78, 5) is 26.5. The Hall–Kier alpha value is -2.62. The Morgan fingerprint density at radius 3 is 2.52 bits per heavy atom. The van der Waals surface area contributed by atoms with Crippen molar-refractivity contribution in [3.8, 4) is 0 Å². The third kappa shape index (κ3) is 4.38. The minimum Gasteiger partial charge on any atom is -0.325 e. The van der Waals surface area contributed by atoms with Crippen LogP contribution in [0, 0.1) is 0 Å².